The van der Waals surface area contributed by atoms with Crippen LogP contribution in [0.25, 0.3) is 0 Å². The number of methoxy groups -OCH3 is 1. The summed E-state index contributed by atoms with van der Waals surface area (Å²) in [5.41, 5.74) is 0.461. The Bertz CT molecular complexity index is 1530. The van der Waals surface area contributed by atoms with E-state index in [4.69, 9.17) is 28.8 Å². The number of halogens is 3. The zero-order chi connectivity index (χ0) is 32.9. The van der Waals surface area contributed by atoms with Gasteiger partial charge in [-0.25, -0.2) is 14.4 Å². The summed E-state index contributed by atoms with van der Waals surface area (Å²) in [6, 6.07) is 12.3. The molecule has 4 aliphatic rings. The number of carbonyl (C=O) groups is 3. The molecule has 6 atom stereocenters. The number of aliphatic hydroxyl groups excluding tert-OH is 1. The Labute approximate surface area is 255 Å². The van der Waals surface area contributed by atoms with E-state index in [1.54, 1.807) is 43.5 Å². The maximum atomic E-state index is 13.5. The molecule has 0 radical (unpaired) electrons. The second-order valence-corrected chi connectivity index (χ2v) is 11.4. The van der Waals surface area contributed by atoms with Crippen LogP contribution in [0.15, 0.2) is 54.3 Å². The molecule has 3 N–H and O–H groups in total. The van der Waals surface area contributed by atoms with E-state index in [1.165, 1.54) is 6.92 Å². The van der Waals surface area contributed by atoms with Crippen LogP contribution in [0.4, 0.5) is 13.2 Å². The molecule has 2 aliphatic heterocycles. The molecule has 2 heterocycles. The summed E-state index contributed by atoms with van der Waals surface area (Å²) in [5.74, 6) is -3.11. The molecule has 2 aliphatic carbocycles. The molecule has 6 rings (SSSR count). The predicted molar refractivity (Wildman–Crippen MR) is 148 cm³/mol. The van der Waals surface area contributed by atoms with Gasteiger partial charge in [0.25, 0.3) is 0 Å². The summed E-state index contributed by atoms with van der Waals surface area (Å²) < 4.78 is 55.2. The molecule has 242 valence electrons. The topological polar surface area (TPSA) is 152 Å². The van der Waals surface area contributed by atoms with Gasteiger partial charge in [0, 0.05) is 23.6 Å². The molecule has 2 aromatic rings. The molecule has 2 aromatic carbocycles. The molecule has 1 fully saturated rings. The highest BCUT2D eigenvalue weighted by atomic mass is 19.4. The molecule has 14 heteroatoms. The molecule has 0 saturated carbocycles. The van der Waals surface area contributed by atoms with Gasteiger partial charge in [0.05, 0.1) is 18.1 Å². The number of nitrogens with zero attached hydrogens (tertiary/aromatic N) is 1. The molecule has 45 heavy (non-hydrogen) atoms. The van der Waals surface area contributed by atoms with Gasteiger partial charge >= 0.3 is 24.1 Å². The summed E-state index contributed by atoms with van der Waals surface area (Å²) >= 11 is 0. The van der Waals surface area contributed by atoms with Crippen molar-refractivity contribution >= 4 is 17.9 Å². The number of carbonyl (C=O) groups excluding carboxylic acids is 2. The Hall–Kier alpha value is -4.14. The van der Waals surface area contributed by atoms with Gasteiger partial charge in [0.2, 0.25) is 6.10 Å². The third-order valence-corrected chi connectivity index (χ3v) is 8.91. The lowest BCUT2D eigenvalue weighted by Gasteiger charge is -2.61. The fourth-order valence-corrected chi connectivity index (χ4v) is 6.85. The van der Waals surface area contributed by atoms with Gasteiger partial charge in [-0.1, -0.05) is 36.4 Å². The molecular weight excluding hydrogens is 603 g/mol. The quantitative estimate of drug-likeness (QED) is 0.402. The second-order valence-electron chi connectivity index (χ2n) is 11.4. The van der Waals surface area contributed by atoms with E-state index in [0.29, 0.717) is 29.9 Å². The maximum Gasteiger partial charge on any atom is 0.490 e. The van der Waals surface area contributed by atoms with Gasteiger partial charge in [0.15, 0.2) is 17.6 Å². The molecule has 1 spiro atoms. The molecule has 2 unspecified atom stereocenters. The summed E-state index contributed by atoms with van der Waals surface area (Å²) in [4.78, 5) is 36.9. The first kappa shape index (κ1) is 32.3. The Morgan fingerprint density at radius 3 is 2.38 bits per heavy atom. The monoisotopic (exact) mass is 635 g/mol. The summed E-state index contributed by atoms with van der Waals surface area (Å²) in [6.07, 6.45) is -5.39. The van der Waals surface area contributed by atoms with Crippen molar-refractivity contribution < 1.29 is 61.8 Å². The average molecular weight is 636 g/mol. The number of rotatable bonds is 6. The number of esters is 2. The van der Waals surface area contributed by atoms with E-state index < -0.39 is 53.4 Å². The van der Waals surface area contributed by atoms with Crippen molar-refractivity contribution in [2.24, 2.45) is 0 Å². The van der Waals surface area contributed by atoms with Crippen molar-refractivity contribution in [2.75, 3.05) is 20.7 Å². The molecule has 11 nitrogen and oxygen atoms in total. The SMILES string of the molecule is COc1ccc2c3c1O[C@H]1C(OC(=O)C(OC(=O)C(C)O)c4ccccc4)=CC[C@@]4(O)[C@@H](C2)N(C)CC[C@]314.O=C(O)C(F)(F)F. The third kappa shape index (κ3) is 5.30. The highest BCUT2D eigenvalue weighted by Gasteiger charge is 2.72. The van der Waals surface area contributed by atoms with Crippen LogP contribution in [0, 0.1) is 0 Å². The lowest BCUT2D eigenvalue weighted by molar-refractivity contribution is -0.192. The lowest BCUT2D eigenvalue weighted by atomic mass is 9.50. The van der Waals surface area contributed by atoms with Crippen molar-refractivity contribution in [3.05, 3.63) is 71.0 Å². The number of carboxylic acid groups (broad SMARTS) is 1. The Morgan fingerprint density at radius 1 is 1.11 bits per heavy atom. The smallest absolute Gasteiger partial charge is 0.490 e. The van der Waals surface area contributed by atoms with Crippen molar-refractivity contribution in [3.8, 4) is 11.5 Å². The van der Waals surface area contributed by atoms with E-state index in [0.717, 1.165) is 17.7 Å². The van der Waals surface area contributed by atoms with E-state index in [-0.39, 0.29) is 18.2 Å². The number of hydrogen-bond acceptors (Lipinski definition) is 10. The Balaban J connectivity index is 0.000000515. The lowest BCUT2D eigenvalue weighted by Crippen LogP contribution is -2.74. The largest absolute Gasteiger partial charge is 0.493 e. The number of ether oxygens (including phenoxy) is 4. The Kier molecular flexibility index (Phi) is 8.36. The van der Waals surface area contributed by atoms with Crippen molar-refractivity contribution in [2.45, 2.75) is 67.7 Å². The van der Waals surface area contributed by atoms with Crippen molar-refractivity contribution in [1.82, 2.24) is 4.90 Å². The molecular formula is C31H32F3NO10. The van der Waals surface area contributed by atoms with E-state index >= 15 is 0 Å². The van der Waals surface area contributed by atoms with Gasteiger partial charge in [-0.15, -0.1) is 0 Å². The van der Waals surface area contributed by atoms with Crippen molar-refractivity contribution in [3.63, 3.8) is 0 Å². The van der Waals surface area contributed by atoms with Crippen LogP contribution < -0.4 is 9.47 Å². The maximum absolute atomic E-state index is 13.5. The molecule has 0 aromatic heterocycles. The number of alkyl halides is 3. The average Bonchev–Trinajstić information content (AvgIpc) is 3.35. The van der Waals surface area contributed by atoms with Crippen LogP contribution in [-0.2, 0) is 35.7 Å². The normalized spacial score (nSPS) is 27.3. The molecule has 2 bridgehead atoms. The van der Waals surface area contributed by atoms with Crippen LogP contribution in [0.5, 0.6) is 11.5 Å². The highest BCUT2D eigenvalue weighted by molar-refractivity contribution is 5.83. The summed E-state index contributed by atoms with van der Waals surface area (Å²) in [6.45, 7) is 2.01. The number of carboxylic acids is 1. The number of likely N-dealkylation sites (tertiary alicyclic amines) is 1. The fourth-order valence-electron chi connectivity index (χ4n) is 6.85. The number of benzene rings is 2. The molecule has 0 amide bonds. The van der Waals surface area contributed by atoms with Gasteiger partial charge in [-0.2, -0.15) is 13.2 Å². The first-order valence-corrected chi connectivity index (χ1v) is 14.1. The second kappa shape index (κ2) is 11.7. The van der Waals surface area contributed by atoms with Gasteiger partial charge in [-0.3, -0.25) is 0 Å². The number of piperidine rings is 1. The fraction of sp³-hybridized carbons (Fsp3) is 0.452. The van der Waals surface area contributed by atoms with Crippen LogP contribution in [0.2, 0.25) is 0 Å². The summed E-state index contributed by atoms with van der Waals surface area (Å²) in [5, 5.41) is 29.1. The standard InChI is InChI=1S/C29H31NO8.C2HF3O2/c1-16(31)26(32)38-23(17-7-5-4-6-8-17)27(33)36-20-11-12-29(34)21-15-18-9-10-19(35-3)24-22(18)28(29,25(20)37-24)13-14-30(21)2;3-2(4,5)1(6)7/h4-11,16,21,23,25,31,34H,12-15H2,1-3H3;(H,6,7)/t16?,21-,23?,25+,28+,29-;/m1./s1. The van der Waals surface area contributed by atoms with Crippen molar-refractivity contribution in [1.29, 1.82) is 0 Å². The first-order valence-electron chi connectivity index (χ1n) is 14.1. The van der Waals surface area contributed by atoms with Crippen LogP contribution in [0.3, 0.4) is 0 Å². The summed E-state index contributed by atoms with van der Waals surface area (Å²) in [7, 11) is 3.60. The van der Waals surface area contributed by atoms with E-state index in [9.17, 15) is 33.0 Å². The number of likely N-dealkylation sites (N-methyl/N-ethyl adjacent to an activating group) is 1. The first-order chi connectivity index (χ1) is 21.2. The number of aliphatic carboxylic acids is 1. The molecule has 1 saturated heterocycles. The predicted octanol–water partition coefficient (Wildman–Crippen LogP) is 2.81. The van der Waals surface area contributed by atoms with Gasteiger partial charge < -0.3 is 39.2 Å². The number of aliphatic hydroxyl groups is 2. The van der Waals surface area contributed by atoms with Gasteiger partial charge in [0.1, 0.15) is 11.9 Å². The van der Waals surface area contributed by atoms with E-state index in [1.807, 2.05) is 19.2 Å². The number of hydrogen-bond donors (Lipinski definition) is 3. The minimum absolute atomic E-state index is 0.133. The minimum Gasteiger partial charge on any atom is -0.493 e. The minimum atomic E-state index is -5.08. The zero-order valence-corrected chi connectivity index (χ0v) is 24.5. The Morgan fingerprint density at radius 2 is 1.78 bits per heavy atom. The van der Waals surface area contributed by atoms with Crippen LogP contribution >= 0.6 is 0 Å². The zero-order valence-electron chi connectivity index (χ0n) is 24.5. The van der Waals surface area contributed by atoms with Crippen LogP contribution in [-0.4, -0.2) is 88.9 Å². The van der Waals surface area contributed by atoms with E-state index in [2.05, 4.69) is 4.90 Å². The third-order valence-electron chi connectivity index (χ3n) is 8.91. The highest BCUT2D eigenvalue weighted by Crippen LogP contribution is 2.65. The van der Waals surface area contributed by atoms with Gasteiger partial charge in [-0.05, 0) is 51.1 Å². The van der Waals surface area contributed by atoms with Crippen LogP contribution in [0.1, 0.15) is 42.6 Å².